The summed E-state index contributed by atoms with van der Waals surface area (Å²) < 4.78 is 5.84. The van der Waals surface area contributed by atoms with Gasteiger partial charge in [0, 0.05) is 0 Å². The Morgan fingerprint density at radius 3 is 2.25 bits per heavy atom. The molecular formula is C24H19Cl2NO. The van der Waals surface area contributed by atoms with Gasteiger partial charge in [-0.3, -0.25) is 0 Å². The second-order valence-electron chi connectivity index (χ2n) is 6.63. The van der Waals surface area contributed by atoms with Crippen LogP contribution in [0.1, 0.15) is 27.8 Å². The van der Waals surface area contributed by atoms with Gasteiger partial charge in [-0.05, 0) is 48.7 Å². The van der Waals surface area contributed by atoms with Crippen LogP contribution in [0.2, 0.25) is 10.0 Å². The number of rotatable bonds is 5. The molecule has 0 aliphatic heterocycles. The summed E-state index contributed by atoms with van der Waals surface area (Å²) in [6.45, 7) is 4.42. The molecule has 0 aliphatic carbocycles. The summed E-state index contributed by atoms with van der Waals surface area (Å²) in [5, 5.41) is 10.3. The van der Waals surface area contributed by atoms with Gasteiger partial charge in [0.15, 0.2) is 5.75 Å². The maximum atomic E-state index is 9.53. The molecule has 3 rings (SSSR count). The molecule has 2 nitrogen and oxygen atoms in total. The van der Waals surface area contributed by atoms with Gasteiger partial charge in [0.1, 0.15) is 6.61 Å². The molecule has 0 aliphatic rings. The highest BCUT2D eigenvalue weighted by Crippen LogP contribution is 2.36. The fourth-order valence-corrected chi connectivity index (χ4v) is 3.45. The minimum absolute atomic E-state index is 0.378. The lowest BCUT2D eigenvalue weighted by Crippen LogP contribution is -1.97. The van der Waals surface area contributed by atoms with Crippen LogP contribution in [0.5, 0.6) is 5.75 Å². The molecule has 0 saturated heterocycles. The second kappa shape index (κ2) is 8.97. The topological polar surface area (TPSA) is 33.0 Å². The zero-order chi connectivity index (χ0) is 20.1. The first kappa shape index (κ1) is 20.0. The predicted octanol–water partition coefficient (Wildman–Crippen LogP) is 7.25. The molecule has 3 aromatic carbocycles. The molecule has 0 saturated carbocycles. The van der Waals surface area contributed by atoms with Crippen LogP contribution in [0.25, 0.3) is 11.6 Å². The van der Waals surface area contributed by atoms with Gasteiger partial charge in [0.05, 0.1) is 21.7 Å². The van der Waals surface area contributed by atoms with Crippen LogP contribution in [-0.4, -0.2) is 0 Å². The van der Waals surface area contributed by atoms with E-state index in [1.165, 1.54) is 5.56 Å². The maximum Gasteiger partial charge on any atom is 0.157 e. The van der Waals surface area contributed by atoms with Gasteiger partial charge in [-0.1, -0.05) is 82.9 Å². The van der Waals surface area contributed by atoms with Crippen LogP contribution < -0.4 is 4.74 Å². The summed E-state index contributed by atoms with van der Waals surface area (Å²) >= 11 is 12.8. The van der Waals surface area contributed by atoms with E-state index in [4.69, 9.17) is 27.9 Å². The number of nitrogens with zero attached hydrogens (tertiary/aromatic N) is 1. The fourth-order valence-electron chi connectivity index (χ4n) is 2.84. The summed E-state index contributed by atoms with van der Waals surface area (Å²) in [6.07, 6.45) is 1.77. The SMILES string of the molecule is Cc1ccc(/C(C#N)=C\c2cc(Cl)c(OCc3cccc(C)c3)c(Cl)c2)cc1. The number of hydrogen-bond acceptors (Lipinski definition) is 2. The quantitative estimate of drug-likeness (QED) is 0.329. The van der Waals surface area contributed by atoms with Crippen molar-refractivity contribution in [2.75, 3.05) is 0 Å². The first-order valence-corrected chi connectivity index (χ1v) is 9.58. The molecule has 0 atom stereocenters. The lowest BCUT2D eigenvalue weighted by Gasteiger charge is -2.11. The standard InChI is InChI=1S/C24H19Cl2NO/c1-16-6-8-20(9-7-16)21(14-27)11-19-12-22(25)24(23(26)13-19)28-15-18-5-3-4-17(2)10-18/h3-13H,15H2,1-2H3/b21-11-. The van der Waals surface area contributed by atoms with Gasteiger partial charge in [-0.2, -0.15) is 5.26 Å². The Morgan fingerprint density at radius 2 is 1.64 bits per heavy atom. The normalized spacial score (nSPS) is 11.2. The average molecular weight is 408 g/mol. The summed E-state index contributed by atoms with van der Waals surface area (Å²) in [5.41, 5.74) is 5.49. The van der Waals surface area contributed by atoms with Crippen molar-refractivity contribution in [3.8, 4) is 11.8 Å². The van der Waals surface area contributed by atoms with Gasteiger partial charge in [-0.25, -0.2) is 0 Å². The monoisotopic (exact) mass is 407 g/mol. The molecule has 3 aromatic rings. The van der Waals surface area contributed by atoms with E-state index in [0.717, 1.165) is 22.3 Å². The van der Waals surface area contributed by atoms with Crippen molar-refractivity contribution < 1.29 is 4.74 Å². The number of allylic oxidation sites excluding steroid dienone is 1. The Balaban J connectivity index is 1.84. The Labute approximate surface area is 175 Å². The molecule has 0 radical (unpaired) electrons. The van der Waals surface area contributed by atoms with E-state index in [-0.39, 0.29) is 0 Å². The molecule has 0 amide bonds. The highest BCUT2D eigenvalue weighted by atomic mass is 35.5. The summed E-state index contributed by atoms with van der Waals surface area (Å²) in [4.78, 5) is 0. The lowest BCUT2D eigenvalue weighted by atomic mass is 10.0. The zero-order valence-corrected chi connectivity index (χ0v) is 17.2. The number of aryl methyl sites for hydroxylation is 2. The second-order valence-corrected chi connectivity index (χ2v) is 7.44. The molecule has 0 aromatic heterocycles. The van der Waals surface area contributed by atoms with Gasteiger partial charge < -0.3 is 4.74 Å². The highest BCUT2D eigenvalue weighted by molar-refractivity contribution is 6.37. The fraction of sp³-hybridized carbons (Fsp3) is 0.125. The van der Waals surface area contributed by atoms with Crippen LogP contribution in [-0.2, 0) is 6.61 Å². The molecule has 0 unspecified atom stereocenters. The minimum atomic E-state index is 0.378. The Kier molecular flexibility index (Phi) is 6.41. The van der Waals surface area contributed by atoms with Crippen LogP contribution in [0.4, 0.5) is 0 Å². The lowest BCUT2D eigenvalue weighted by molar-refractivity contribution is 0.306. The van der Waals surface area contributed by atoms with E-state index in [9.17, 15) is 5.26 Å². The summed E-state index contributed by atoms with van der Waals surface area (Å²) in [7, 11) is 0. The maximum absolute atomic E-state index is 9.53. The van der Waals surface area contributed by atoms with E-state index >= 15 is 0 Å². The summed E-state index contributed by atoms with van der Waals surface area (Å²) in [6, 6.07) is 21.6. The first-order chi connectivity index (χ1) is 13.5. The number of ether oxygens (including phenoxy) is 1. The molecule has 0 fully saturated rings. The van der Waals surface area contributed by atoms with Crippen LogP contribution >= 0.6 is 23.2 Å². The van der Waals surface area contributed by atoms with E-state index in [0.29, 0.717) is 28.0 Å². The largest absolute Gasteiger partial charge is 0.486 e. The number of nitriles is 1. The molecule has 4 heteroatoms. The Hall–Kier alpha value is -2.73. The van der Waals surface area contributed by atoms with Crippen LogP contribution in [0, 0.1) is 25.2 Å². The van der Waals surface area contributed by atoms with Gasteiger partial charge in [0.2, 0.25) is 0 Å². The number of benzene rings is 3. The van der Waals surface area contributed by atoms with Crippen molar-refractivity contribution in [1.82, 2.24) is 0 Å². The Morgan fingerprint density at radius 1 is 0.964 bits per heavy atom. The van der Waals surface area contributed by atoms with E-state index in [2.05, 4.69) is 12.1 Å². The van der Waals surface area contributed by atoms with Crippen LogP contribution in [0.15, 0.2) is 60.7 Å². The van der Waals surface area contributed by atoms with Crippen molar-refractivity contribution in [3.05, 3.63) is 98.5 Å². The first-order valence-electron chi connectivity index (χ1n) is 8.82. The Bertz CT molecular complexity index is 1040. The molecular weight excluding hydrogens is 389 g/mol. The number of halogens is 2. The van der Waals surface area contributed by atoms with Crippen molar-refractivity contribution in [2.45, 2.75) is 20.5 Å². The van der Waals surface area contributed by atoms with Gasteiger partial charge >= 0.3 is 0 Å². The molecule has 0 heterocycles. The molecule has 140 valence electrons. The smallest absolute Gasteiger partial charge is 0.157 e. The third-order valence-corrected chi connectivity index (χ3v) is 4.84. The van der Waals surface area contributed by atoms with Crippen molar-refractivity contribution in [3.63, 3.8) is 0 Å². The minimum Gasteiger partial charge on any atom is -0.486 e. The van der Waals surface area contributed by atoms with Gasteiger partial charge in [-0.15, -0.1) is 0 Å². The molecule has 0 spiro atoms. The van der Waals surface area contributed by atoms with Crippen molar-refractivity contribution >= 4 is 34.9 Å². The van der Waals surface area contributed by atoms with Crippen molar-refractivity contribution in [1.29, 1.82) is 5.26 Å². The predicted molar refractivity (Wildman–Crippen MR) is 117 cm³/mol. The van der Waals surface area contributed by atoms with Crippen molar-refractivity contribution in [2.24, 2.45) is 0 Å². The molecule has 0 N–H and O–H groups in total. The van der Waals surface area contributed by atoms with Gasteiger partial charge in [0.25, 0.3) is 0 Å². The third-order valence-electron chi connectivity index (χ3n) is 4.28. The van der Waals surface area contributed by atoms with E-state index < -0.39 is 0 Å². The average Bonchev–Trinajstić information content (AvgIpc) is 2.66. The zero-order valence-electron chi connectivity index (χ0n) is 15.7. The van der Waals surface area contributed by atoms with E-state index in [1.807, 2.05) is 56.3 Å². The van der Waals surface area contributed by atoms with Crippen LogP contribution in [0.3, 0.4) is 0 Å². The highest BCUT2D eigenvalue weighted by Gasteiger charge is 2.11. The number of hydrogen-bond donors (Lipinski definition) is 0. The van der Waals surface area contributed by atoms with E-state index in [1.54, 1.807) is 18.2 Å². The third kappa shape index (κ3) is 4.95. The molecule has 28 heavy (non-hydrogen) atoms. The summed E-state index contributed by atoms with van der Waals surface area (Å²) in [5.74, 6) is 0.441. The molecule has 0 bridgehead atoms.